The van der Waals surface area contributed by atoms with Gasteiger partial charge in [-0.3, -0.25) is 9.59 Å². The fourth-order valence-corrected chi connectivity index (χ4v) is 2.86. The summed E-state index contributed by atoms with van der Waals surface area (Å²) in [6, 6.07) is 0. The fraction of sp³-hybridized carbons (Fsp3) is 0.778. The van der Waals surface area contributed by atoms with Crippen molar-refractivity contribution >= 4 is 11.9 Å². The van der Waals surface area contributed by atoms with Crippen LogP contribution in [0.15, 0.2) is 0 Å². The summed E-state index contributed by atoms with van der Waals surface area (Å²) >= 11 is 0. The van der Waals surface area contributed by atoms with Gasteiger partial charge in [0.15, 0.2) is 0 Å². The van der Waals surface area contributed by atoms with Gasteiger partial charge in [-0.2, -0.15) is 0 Å². The number of carbonyl (C=O) groups is 2. The Hall–Kier alpha value is -0.900. The third kappa shape index (κ3) is 0.633. The zero-order valence-corrected chi connectivity index (χ0v) is 7.28. The topological polar surface area (TPSA) is 52.6 Å². The van der Waals surface area contributed by atoms with Crippen LogP contribution in [-0.4, -0.2) is 24.1 Å². The molecule has 4 atom stereocenters. The van der Waals surface area contributed by atoms with Gasteiger partial charge >= 0.3 is 11.9 Å². The first-order valence-electron chi connectivity index (χ1n) is 4.55. The molecule has 0 aromatic heterocycles. The normalized spacial score (nSPS) is 52.5. The number of ether oxygens (including phenoxy) is 2. The van der Waals surface area contributed by atoms with E-state index in [0.717, 1.165) is 12.8 Å². The molecule has 0 aromatic rings. The first kappa shape index (κ1) is 7.50. The van der Waals surface area contributed by atoms with E-state index in [-0.39, 0.29) is 24.1 Å². The summed E-state index contributed by atoms with van der Waals surface area (Å²) in [7, 11) is 0. The van der Waals surface area contributed by atoms with Crippen LogP contribution in [0.2, 0.25) is 0 Å². The van der Waals surface area contributed by atoms with E-state index in [1.54, 1.807) is 6.92 Å². The monoisotopic (exact) mass is 182 g/mol. The van der Waals surface area contributed by atoms with E-state index < -0.39 is 11.4 Å². The van der Waals surface area contributed by atoms with E-state index in [1.165, 1.54) is 0 Å². The highest BCUT2D eigenvalue weighted by atomic mass is 16.6. The molecule has 3 aliphatic rings. The molecule has 0 amide bonds. The Labute approximate surface area is 75.2 Å². The largest absolute Gasteiger partial charge is 0.392 e. The number of cyclic esters (lactones) is 2. The van der Waals surface area contributed by atoms with Gasteiger partial charge in [0.2, 0.25) is 0 Å². The summed E-state index contributed by atoms with van der Waals surface area (Å²) in [4.78, 5) is 22.8. The molecule has 13 heavy (non-hydrogen) atoms. The number of fused-ring (bicyclic) bond motifs is 5. The number of hydrogen-bond acceptors (Lipinski definition) is 4. The predicted octanol–water partition coefficient (Wildman–Crippen LogP) is 0.253. The van der Waals surface area contributed by atoms with Crippen LogP contribution >= 0.6 is 0 Å². The molecule has 0 unspecified atom stereocenters. The average molecular weight is 182 g/mol. The van der Waals surface area contributed by atoms with E-state index in [9.17, 15) is 9.59 Å². The third-order valence-corrected chi connectivity index (χ3v) is 3.63. The van der Waals surface area contributed by atoms with Gasteiger partial charge in [-0.15, -0.1) is 0 Å². The number of rotatable bonds is 0. The van der Waals surface area contributed by atoms with E-state index >= 15 is 0 Å². The molecule has 0 N–H and O–H groups in total. The van der Waals surface area contributed by atoms with Crippen LogP contribution < -0.4 is 0 Å². The molecule has 4 heteroatoms. The molecule has 0 aliphatic carbocycles. The molecule has 0 radical (unpaired) electrons. The molecule has 70 valence electrons. The van der Waals surface area contributed by atoms with Crippen LogP contribution in [-0.2, 0) is 19.1 Å². The van der Waals surface area contributed by atoms with Gasteiger partial charge in [0.25, 0.3) is 0 Å². The van der Waals surface area contributed by atoms with Gasteiger partial charge in [-0.1, -0.05) is 0 Å². The van der Waals surface area contributed by atoms with Gasteiger partial charge < -0.3 is 9.47 Å². The van der Waals surface area contributed by atoms with Crippen molar-refractivity contribution in [3.63, 3.8) is 0 Å². The Balaban J connectivity index is 2.12. The number of esters is 2. The highest BCUT2D eigenvalue weighted by Crippen LogP contribution is 2.55. The molecule has 3 fully saturated rings. The quantitative estimate of drug-likeness (QED) is 0.398. The van der Waals surface area contributed by atoms with Crippen molar-refractivity contribution in [2.75, 3.05) is 0 Å². The Bertz CT molecular complexity index is 311. The van der Waals surface area contributed by atoms with Crippen molar-refractivity contribution in [2.45, 2.75) is 32.0 Å². The van der Waals surface area contributed by atoms with Gasteiger partial charge in [-0.05, 0) is 19.8 Å². The van der Waals surface area contributed by atoms with Crippen LogP contribution in [0, 0.1) is 11.3 Å². The number of carbonyl (C=O) groups excluding carboxylic acids is 2. The molecule has 3 aliphatic heterocycles. The van der Waals surface area contributed by atoms with E-state index in [4.69, 9.17) is 4.74 Å². The van der Waals surface area contributed by atoms with Gasteiger partial charge in [-0.25, -0.2) is 0 Å². The Kier molecular flexibility index (Phi) is 1.12. The first-order valence-corrected chi connectivity index (χ1v) is 4.55. The first-order chi connectivity index (χ1) is 6.14. The van der Waals surface area contributed by atoms with Crippen molar-refractivity contribution in [2.24, 2.45) is 11.3 Å². The zero-order chi connectivity index (χ0) is 9.22. The average Bonchev–Trinajstić information content (AvgIpc) is 2.66. The molecule has 0 aromatic carbocycles. The zero-order valence-electron chi connectivity index (χ0n) is 7.28. The van der Waals surface area contributed by atoms with Crippen LogP contribution in [0.5, 0.6) is 0 Å². The summed E-state index contributed by atoms with van der Waals surface area (Å²) in [6.45, 7) is 1.79. The molecule has 4 nitrogen and oxygen atoms in total. The molecule has 0 spiro atoms. The Morgan fingerprint density at radius 1 is 1.38 bits per heavy atom. The minimum Gasteiger partial charge on any atom is -0.392 e. The Morgan fingerprint density at radius 3 is 2.85 bits per heavy atom. The standard InChI is InChI=1S/C9H10O4/c1-9-5-3-2-4(12-5)6(9)7(10)13-8(9)11/h4-6H,2-3H2,1H3/t4-,5+,6+,9-/m0/s1. The van der Waals surface area contributed by atoms with Crippen LogP contribution in [0.1, 0.15) is 19.8 Å². The lowest BCUT2D eigenvalue weighted by Crippen LogP contribution is -2.40. The van der Waals surface area contributed by atoms with Crippen LogP contribution in [0.25, 0.3) is 0 Å². The SMILES string of the molecule is C[C@@]12C(=O)OC(=O)[C@H]1[C@@H]1CC[C@H]2O1. The van der Waals surface area contributed by atoms with Gasteiger partial charge in [0.1, 0.15) is 11.3 Å². The lowest BCUT2D eigenvalue weighted by Gasteiger charge is -2.25. The maximum Gasteiger partial charge on any atom is 0.323 e. The minimum atomic E-state index is -0.681. The van der Waals surface area contributed by atoms with Crippen LogP contribution in [0.3, 0.4) is 0 Å². The van der Waals surface area contributed by atoms with Crippen molar-refractivity contribution < 1.29 is 19.1 Å². The lowest BCUT2D eigenvalue weighted by atomic mass is 9.69. The van der Waals surface area contributed by atoms with Crippen molar-refractivity contribution in [1.29, 1.82) is 0 Å². The molecule has 3 saturated heterocycles. The molecule has 0 saturated carbocycles. The maximum atomic E-state index is 11.5. The molecule has 3 heterocycles. The summed E-state index contributed by atoms with van der Waals surface area (Å²) in [6.07, 6.45) is 1.59. The molecule has 3 rings (SSSR count). The minimum absolute atomic E-state index is 0.0750. The van der Waals surface area contributed by atoms with Crippen molar-refractivity contribution in [3.05, 3.63) is 0 Å². The van der Waals surface area contributed by atoms with Gasteiger partial charge in [0, 0.05) is 0 Å². The maximum absolute atomic E-state index is 11.5. The summed E-state index contributed by atoms with van der Waals surface area (Å²) < 4.78 is 10.2. The molecule has 2 bridgehead atoms. The Morgan fingerprint density at radius 2 is 2.15 bits per heavy atom. The third-order valence-electron chi connectivity index (χ3n) is 3.63. The smallest absolute Gasteiger partial charge is 0.323 e. The summed E-state index contributed by atoms with van der Waals surface area (Å²) in [5.74, 6) is -1.12. The summed E-state index contributed by atoms with van der Waals surface area (Å²) in [5.41, 5.74) is -0.681. The molecular weight excluding hydrogens is 172 g/mol. The second-order valence-corrected chi connectivity index (χ2v) is 4.21. The highest BCUT2D eigenvalue weighted by Gasteiger charge is 2.69. The van der Waals surface area contributed by atoms with E-state index in [1.807, 2.05) is 0 Å². The van der Waals surface area contributed by atoms with E-state index in [2.05, 4.69) is 4.74 Å². The molecular formula is C9H10O4. The van der Waals surface area contributed by atoms with Crippen LogP contribution in [0.4, 0.5) is 0 Å². The summed E-state index contributed by atoms with van der Waals surface area (Å²) in [5, 5.41) is 0. The number of hydrogen-bond donors (Lipinski definition) is 0. The lowest BCUT2D eigenvalue weighted by molar-refractivity contribution is -0.158. The van der Waals surface area contributed by atoms with Crippen molar-refractivity contribution in [3.8, 4) is 0 Å². The second kappa shape index (κ2) is 1.95. The second-order valence-electron chi connectivity index (χ2n) is 4.21. The van der Waals surface area contributed by atoms with Crippen molar-refractivity contribution in [1.82, 2.24) is 0 Å². The predicted molar refractivity (Wildman–Crippen MR) is 40.6 cm³/mol. The highest BCUT2D eigenvalue weighted by molar-refractivity contribution is 6.00. The van der Waals surface area contributed by atoms with Gasteiger partial charge in [0.05, 0.1) is 12.2 Å². The van der Waals surface area contributed by atoms with E-state index in [0.29, 0.717) is 0 Å². The fourth-order valence-electron chi connectivity index (χ4n) is 2.86.